The van der Waals surface area contributed by atoms with Gasteiger partial charge in [-0.1, -0.05) is 13.3 Å². The van der Waals surface area contributed by atoms with Gasteiger partial charge in [-0.25, -0.2) is 4.39 Å². The molecule has 4 atom stereocenters. The van der Waals surface area contributed by atoms with Crippen LogP contribution in [0.25, 0.3) is 0 Å². The first-order valence-electron chi connectivity index (χ1n) is 8.49. The first-order chi connectivity index (χ1) is 10.1. The van der Waals surface area contributed by atoms with Crippen LogP contribution in [0, 0.1) is 23.1 Å². The van der Waals surface area contributed by atoms with Crippen molar-refractivity contribution >= 4 is 0 Å². The second kappa shape index (κ2) is 4.72. The van der Waals surface area contributed by atoms with E-state index in [0.29, 0.717) is 17.1 Å². The van der Waals surface area contributed by atoms with E-state index in [2.05, 4.69) is 6.92 Å². The number of benzene rings is 1. The maximum Gasteiger partial charge on any atom is 0.165 e. The molecule has 0 saturated heterocycles. The van der Waals surface area contributed by atoms with Crippen LogP contribution in [0.3, 0.4) is 0 Å². The van der Waals surface area contributed by atoms with E-state index in [1.165, 1.54) is 49.7 Å². The molecule has 1 aromatic rings. The largest absolute Gasteiger partial charge is 0.494 e. The second-order valence-electron chi connectivity index (χ2n) is 7.69. The Balaban J connectivity index is 1.73. The molecule has 1 nitrogen and oxygen atoms in total. The molecule has 0 heterocycles. The van der Waals surface area contributed by atoms with Crippen molar-refractivity contribution in [2.45, 2.75) is 57.8 Å². The zero-order valence-corrected chi connectivity index (χ0v) is 13.1. The van der Waals surface area contributed by atoms with E-state index in [4.69, 9.17) is 4.74 Å². The Bertz CT molecular complexity index is 567. The van der Waals surface area contributed by atoms with Crippen molar-refractivity contribution in [1.82, 2.24) is 0 Å². The minimum atomic E-state index is -0.198. The van der Waals surface area contributed by atoms with Crippen LogP contribution in [0.15, 0.2) is 12.1 Å². The SMILES string of the molecule is COc1cc2c(cc1F)CCC1C2CCC2(C)CCCC12. The minimum absolute atomic E-state index is 0.198. The average molecular weight is 288 g/mol. The third-order valence-electron chi connectivity index (χ3n) is 6.78. The third kappa shape index (κ3) is 1.94. The summed E-state index contributed by atoms with van der Waals surface area (Å²) in [6.07, 6.45) is 9.15. The molecule has 0 radical (unpaired) electrons. The molecular weight excluding hydrogens is 263 g/mol. The number of hydrogen-bond acceptors (Lipinski definition) is 1. The summed E-state index contributed by atoms with van der Waals surface area (Å²) in [6, 6.07) is 3.73. The molecule has 0 N–H and O–H groups in total. The average Bonchev–Trinajstić information content (AvgIpc) is 2.88. The highest BCUT2D eigenvalue weighted by Crippen LogP contribution is 2.61. The summed E-state index contributed by atoms with van der Waals surface area (Å²) in [5.41, 5.74) is 3.21. The van der Waals surface area contributed by atoms with Gasteiger partial charge in [0, 0.05) is 0 Å². The first kappa shape index (κ1) is 13.6. The monoisotopic (exact) mass is 288 g/mol. The summed E-state index contributed by atoms with van der Waals surface area (Å²) >= 11 is 0. The number of fused-ring (bicyclic) bond motifs is 5. The molecular formula is C19H25FO. The second-order valence-corrected chi connectivity index (χ2v) is 7.69. The van der Waals surface area contributed by atoms with E-state index in [-0.39, 0.29) is 5.82 Å². The van der Waals surface area contributed by atoms with E-state index < -0.39 is 0 Å². The highest BCUT2D eigenvalue weighted by molar-refractivity contribution is 5.41. The maximum atomic E-state index is 14.0. The normalized spacial score (nSPS) is 37.6. The van der Waals surface area contributed by atoms with Gasteiger partial charge < -0.3 is 4.74 Å². The number of rotatable bonds is 1. The quantitative estimate of drug-likeness (QED) is 0.700. The molecule has 1 aromatic carbocycles. The highest BCUT2D eigenvalue weighted by atomic mass is 19.1. The fourth-order valence-electron chi connectivity index (χ4n) is 5.72. The van der Waals surface area contributed by atoms with E-state index in [1.54, 1.807) is 13.2 Å². The Hall–Kier alpha value is -1.05. The fraction of sp³-hybridized carbons (Fsp3) is 0.684. The summed E-state index contributed by atoms with van der Waals surface area (Å²) in [7, 11) is 1.57. The first-order valence-corrected chi connectivity index (χ1v) is 8.49. The molecule has 114 valence electrons. The number of ether oxygens (including phenoxy) is 1. The molecule has 0 spiro atoms. The number of methoxy groups -OCH3 is 1. The van der Waals surface area contributed by atoms with E-state index in [1.807, 2.05) is 6.07 Å². The van der Waals surface area contributed by atoms with Gasteiger partial charge in [0.15, 0.2) is 11.6 Å². The molecule has 2 saturated carbocycles. The summed E-state index contributed by atoms with van der Waals surface area (Å²) in [5.74, 6) is 2.57. The molecule has 0 aromatic heterocycles. The van der Waals surface area contributed by atoms with Gasteiger partial charge in [-0.2, -0.15) is 0 Å². The van der Waals surface area contributed by atoms with Crippen molar-refractivity contribution in [2.24, 2.45) is 17.3 Å². The lowest BCUT2D eigenvalue weighted by Crippen LogP contribution is -2.39. The number of aryl methyl sites for hydroxylation is 1. The third-order valence-corrected chi connectivity index (χ3v) is 6.78. The Morgan fingerprint density at radius 2 is 2.05 bits per heavy atom. The van der Waals surface area contributed by atoms with Gasteiger partial charge in [0.05, 0.1) is 7.11 Å². The zero-order valence-electron chi connectivity index (χ0n) is 13.1. The van der Waals surface area contributed by atoms with Gasteiger partial charge in [-0.05, 0) is 85.0 Å². The molecule has 4 rings (SSSR count). The molecule has 2 heteroatoms. The van der Waals surface area contributed by atoms with Crippen LogP contribution in [0.2, 0.25) is 0 Å². The molecule has 21 heavy (non-hydrogen) atoms. The van der Waals surface area contributed by atoms with Crippen molar-refractivity contribution in [3.8, 4) is 5.75 Å². The van der Waals surface area contributed by atoms with E-state index in [0.717, 1.165) is 18.3 Å². The van der Waals surface area contributed by atoms with Crippen molar-refractivity contribution in [3.05, 3.63) is 29.1 Å². The summed E-state index contributed by atoms with van der Waals surface area (Å²) in [6.45, 7) is 2.52. The van der Waals surface area contributed by atoms with Crippen molar-refractivity contribution in [2.75, 3.05) is 7.11 Å². The number of halogens is 1. The van der Waals surface area contributed by atoms with Crippen LogP contribution in [0.1, 0.15) is 62.5 Å². The Morgan fingerprint density at radius 3 is 2.86 bits per heavy atom. The maximum absolute atomic E-state index is 14.0. The molecule has 4 unspecified atom stereocenters. The standard InChI is InChI=1S/C19H25FO/c1-19-8-3-4-16(19)14-6-5-12-10-17(20)18(21-2)11-15(12)13(14)7-9-19/h10-11,13-14,16H,3-9H2,1-2H3. The van der Waals surface area contributed by atoms with Crippen LogP contribution >= 0.6 is 0 Å². The van der Waals surface area contributed by atoms with Gasteiger partial charge in [-0.15, -0.1) is 0 Å². The minimum Gasteiger partial charge on any atom is -0.494 e. The predicted molar refractivity (Wildman–Crippen MR) is 82.2 cm³/mol. The zero-order chi connectivity index (χ0) is 14.6. The molecule has 0 amide bonds. The molecule has 0 aliphatic heterocycles. The van der Waals surface area contributed by atoms with Crippen LogP contribution in [-0.2, 0) is 6.42 Å². The summed E-state index contributed by atoms with van der Waals surface area (Å²) < 4.78 is 19.2. The Kier molecular flexibility index (Phi) is 3.06. The van der Waals surface area contributed by atoms with Crippen LogP contribution in [0.4, 0.5) is 4.39 Å². The van der Waals surface area contributed by atoms with Gasteiger partial charge >= 0.3 is 0 Å². The fourth-order valence-corrected chi connectivity index (χ4v) is 5.72. The van der Waals surface area contributed by atoms with Crippen molar-refractivity contribution < 1.29 is 9.13 Å². The topological polar surface area (TPSA) is 9.23 Å². The lowest BCUT2D eigenvalue weighted by molar-refractivity contribution is 0.0597. The van der Waals surface area contributed by atoms with Gasteiger partial charge in [-0.3, -0.25) is 0 Å². The highest BCUT2D eigenvalue weighted by Gasteiger charge is 2.50. The van der Waals surface area contributed by atoms with Crippen molar-refractivity contribution in [3.63, 3.8) is 0 Å². The molecule has 3 aliphatic carbocycles. The molecule has 3 aliphatic rings. The predicted octanol–water partition coefficient (Wildman–Crippen LogP) is 5.08. The van der Waals surface area contributed by atoms with Gasteiger partial charge in [0.25, 0.3) is 0 Å². The van der Waals surface area contributed by atoms with Crippen LogP contribution in [-0.4, -0.2) is 7.11 Å². The summed E-state index contributed by atoms with van der Waals surface area (Å²) in [4.78, 5) is 0. The lowest BCUT2D eigenvalue weighted by atomic mass is 9.56. The smallest absolute Gasteiger partial charge is 0.165 e. The molecule has 2 fully saturated rings. The van der Waals surface area contributed by atoms with Crippen LogP contribution in [0.5, 0.6) is 5.75 Å². The summed E-state index contributed by atoms with van der Waals surface area (Å²) in [5, 5.41) is 0. The van der Waals surface area contributed by atoms with Crippen molar-refractivity contribution in [1.29, 1.82) is 0 Å². The Morgan fingerprint density at radius 1 is 1.19 bits per heavy atom. The van der Waals surface area contributed by atoms with Gasteiger partial charge in [0.1, 0.15) is 0 Å². The lowest BCUT2D eigenvalue weighted by Gasteiger charge is -2.49. The van der Waals surface area contributed by atoms with E-state index >= 15 is 0 Å². The van der Waals surface area contributed by atoms with E-state index in [9.17, 15) is 4.39 Å². The van der Waals surface area contributed by atoms with Crippen LogP contribution < -0.4 is 4.74 Å². The molecule has 0 bridgehead atoms. The number of hydrogen-bond donors (Lipinski definition) is 0. The Labute approximate surface area is 126 Å². The van der Waals surface area contributed by atoms with Gasteiger partial charge in [0.2, 0.25) is 0 Å².